The zero-order valence-corrected chi connectivity index (χ0v) is 41.8. The maximum atomic E-state index is 10.6. The van der Waals surface area contributed by atoms with Crippen molar-refractivity contribution in [2.45, 2.75) is 231 Å². The predicted octanol–water partition coefficient (Wildman–Crippen LogP) is 9.95. The van der Waals surface area contributed by atoms with Gasteiger partial charge in [0.25, 0.3) is 0 Å². The summed E-state index contributed by atoms with van der Waals surface area (Å²) in [6, 6.07) is 20.3. The van der Waals surface area contributed by atoms with E-state index in [0.29, 0.717) is 26.1 Å². The van der Waals surface area contributed by atoms with Gasteiger partial charge in [-0.25, -0.2) is 0 Å². The Hall–Kier alpha value is -1.21. The average Bonchev–Trinajstić information content (AvgIpc) is 3.22. The molecule has 9 heteroatoms. The summed E-state index contributed by atoms with van der Waals surface area (Å²) in [4.78, 5) is 21.2. The van der Waals surface area contributed by atoms with Crippen LogP contribution >= 0.6 is 0 Å². The molecule has 8 nitrogen and oxygen atoms in total. The molecule has 2 N–H and O–H groups in total. The quantitative estimate of drug-likeness (QED) is 0.0501. The summed E-state index contributed by atoms with van der Waals surface area (Å²) >= 11 is 0. The first-order valence-corrected chi connectivity index (χ1v) is 23.3. The van der Waals surface area contributed by atoms with Gasteiger partial charge in [0.2, 0.25) is 0 Å². The summed E-state index contributed by atoms with van der Waals surface area (Å²) in [6.07, 6.45) is 26.9. The average molecular weight is 949 g/mol. The minimum Gasteiger partial charge on any atom is -0.550 e. The van der Waals surface area contributed by atoms with Gasteiger partial charge in [-0.3, -0.25) is 0 Å². The second-order valence-corrected chi connectivity index (χ2v) is 16.4. The smallest absolute Gasteiger partial charge is 0.550 e. The molecule has 0 fully saturated rings. The third-order valence-electron chi connectivity index (χ3n) is 10.9. The molecule has 0 radical (unpaired) electrons. The normalized spacial score (nSPS) is 13.1. The molecule has 332 valence electrons. The number of carboxylic acids is 2. The fourth-order valence-corrected chi connectivity index (χ4v) is 7.24. The first kappa shape index (κ1) is 57.8. The van der Waals surface area contributed by atoms with Crippen molar-refractivity contribution in [3.05, 3.63) is 71.8 Å². The van der Waals surface area contributed by atoms with E-state index >= 15 is 0 Å². The zero-order valence-electron chi connectivity index (χ0n) is 37.3. The SMILES string of the molecule is CCCCCCC(O)CCCCCC(CCCCC(=O)[O-])OCc1ccccc1.CCCCCCC(O)CCCCCC(CCCCC(=O)[O-])OCc1ccccc1.[Ba+2]. The molecule has 0 aliphatic heterocycles. The Morgan fingerprint density at radius 1 is 0.458 bits per heavy atom. The summed E-state index contributed by atoms with van der Waals surface area (Å²) < 4.78 is 12.3. The van der Waals surface area contributed by atoms with Crippen LogP contribution in [0.3, 0.4) is 0 Å². The molecule has 0 saturated carbocycles. The maximum absolute atomic E-state index is 10.6. The largest absolute Gasteiger partial charge is 2.00 e. The molecule has 0 amide bonds. The standard InChI is InChI=1S/2C25H42O4.Ba/c2*1-2-3-4-9-16-23(26)17-10-6-11-18-24(19-12-13-20-25(27)28)29-21-22-14-7-5-8-15-22;/h2*5,7-8,14-15,23-24,26H,2-4,6,9-13,16-21H2,1H3,(H,27,28);/q;;+2/p-2. The molecule has 2 aromatic carbocycles. The Kier molecular flexibility index (Phi) is 41.2. The van der Waals surface area contributed by atoms with Crippen molar-refractivity contribution < 1.29 is 39.5 Å². The van der Waals surface area contributed by atoms with Crippen LogP contribution in [0.15, 0.2) is 60.7 Å². The van der Waals surface area contributed by atoms with Gasteiger partial charge in [-0.1, -0.05) is 177 Å². The van der Waals surface area contributed by atoms with E-state index in [2.05, 4.69) is 38.1 Å². The van der Waals surface area contributed by atoms with Gasteiger partial charge in [0.1, 0.15) is 0 Å². The maximum Gasteiger partial charge on any atom is 2.00 e. The minimum atomic E-state index is -0.972. The number of ether oxygens (including phenoxy) is 2. The number of carbonyl (C=O) groups is 2. The fraction of sp³-hybridized carbons (Fsp3) is 0.720. The monoisotopic (exact) mass is 949 g/mol. The van der Waals surface area contributed by atoms with Crippen molar-refractivity contribution in [2.75, 3.05) is 0 Å². The third kappa shape index (κ3) is 38.2. The molecule has 2 aromatic rings. The molecule has 0 spiro atoms. The first-order valence-electron chi connectivity index (χ1n) is 23.3. The van der Waals surface area contributed by atoms with Crippen molar-refractivity contribution in [3.63, 3.8) is 0 Å². The molecule has 0 aliphatic carbocycles. The summed E-state index contributed by atoms with van der Waals surface area (Å²) in [5.74, 6) is -1.94. The Labute approximate surface area is 400 Å². The van der Waals surface area contributed by atoms with Crippen LogP contribution in [-0.4, -0.2) is 95.4 Å². The summed E-state index contributed by atoms with van der Waals surface area (Å²) in [5.41, 5.74) is 2.33. The van der Waals surface area contributed by atoms with Crippen LogP contribution < -0.4 is 10.2 Å². The number of carboxylic acid groups (broad SMARTS) is 2. The molecule has 0 bridgehead atoms. The molecule has 2 rings (SSSR count). The number of hydrogen-bond donors (Lipinski definition) is 2. The van der Waals surface area contributed by atoms with Gasteiger partial charge in [-0.2, -0.15) is 0 Å². The van der Waals surface area contributed by atoms with Crippen molar-refractivity contribution in [3.8, 4) is 0 Å². The van der Waals surface area contributed by atoms with Gasteiger partial charge in [0.05, 0.1) is 37.6 Å². The van der Waals surface area contributed by atoms with E-state index in [4.69, 9.17) is 9.47 Å². The molecular weight excluding hydrogens is 866 g/mol. The van der Waals surface area contributed by atoms with Gasteiger partial charge >= 0.3 is 48.9 Å². The van der Waals surface area contributed by atoms with Gasteiger partial charge in [-0.05, 0) is 88.2 Å². The van der Waals surface area contributed by atoms with E-state index in [1.54, 1.807) is 0 Å². The van der Waals surface area contributed by atoms with E-state index in [9.17, 15) is 30.0 Å². The molecule has 0 heterocycles. The van der Waals surface area contributed by atoms with Gasteiger partial charge in [-0.15, -0.1) is 0 Å². The molecule has 4 atom stereocenters. The van der Waals surface area contributed by atoms with Crippen LogP contribution in [0, 0.1) is 0 Å². The Morgan fingerprint density at radius 2 is 0.746 bits per heavy atom. The number of unbranched alkanes of at least 4 members (excludes halogenated alkanes) is 12. The van der Waals surface area contributed by atoms with Gasteiger partial charge in [0.15, 0.2) is 0 Å². The zero-order chi connectivity index (χ0) is 42.3. The van der Waals surface area contributed by atoms with Crippen molar-refractivity contribution >= 4 is 60.8 Å². The van der Waals surface area contributed by atoms with Crippen LogP contribution in [0.25, 0.3) is 0 Å². The van der Waals surface area contributed by atoms with E-state index in [-0.39, 0.29) is 86.1 Å². The Bertz CT molecular complexity index is 1110. The Balaban J connectivity index is 0.00000112. The second kappa shape index (κ2) is 42.1. The van der Waals surface area contributed by atoms with E-state index in [1.807, 2.05) is 36.4 Å². The van der Waals surface area contributed by atoms with Crippen molar-refractivity contribution in [1.82, 2.24) is 0 Å². The Morgan fingerprint density at radius 3 is 1.05 bits per heavy atom. The van der Waals surface area contributed by atoms with Gasteiger partial charge in [0, 0.05) is 11.9 Å². The number of carbonyl (C=O) groups excluding carboxylic acids is 2. The van der Waals surface area contributed by atoms with E-state index < -0.39 is 11.9 Å². The van der Waals surface area contributed by atoms with Gasteiger partial charge < -0.3 is 39.5 Å². The summed E-state index contributed by atoms with van der Waals surface area (Å²) in [7, 11) is 0. The summed E-state index contributed by atoms with van der Waals surface area (Å²) in [5, 5.41) is 41.3. The number of aliphatic hydroxyl groups is 2. The molecule has 59 heavy (non-hydrogen) atoms. The number of aliphatic hydroxyl groups excluding tert-OH is 2. The number of rotatable bonds is 38. The number of hydrogen-bond acceptors (Lipinski definition) is 8. The van der Waals surface area contributed by atoms with Crippen LogP contribution in [-0.2, 0) is 32.3 Å². The first-order chi connectivity index (χ1) is 28.2. The van der Waals surface area contributed by atoms with Crippen LogP contribution in [0.1, 0.15) is 205 Å². The number of aliphatic carboxylic acids is 2. The fourth-order valence-electron chi connectivity index (χ4n) is 7.24. The molecule has 4 unspecified atom stereocenters. The van der Waals surface area contributed by atoms with E-state index in [0.717, 1.165) is 116 Å². The van der Waals surface area contributed by atoms with Crippen LogP contribution in [0.4, 0.5) is 0 Å². The van der Waals surface area contributed by atoms with Crippen LogP contribution in [0.2, 0.25) is 0 Å². The van der Waals surface area contributed by atoms with Crippen molar-refractivity contribution in [2.24, 2.45) is 0 Å². The topological polar surface area (TPSA) is 139 Å². The van der Waals surface area contributed by atoms with Crippen LogP contribution in [0.5, 0.6) is 0 Å². The minimum absolute atomic E-state index is 0. The molecule has 0 saturated heterocycles. The third-order valence-corrected chi connectivity index (χ3v) is 10.9. The second-order valence-electron chi connectivity index (χ2n) is 16.4. The molecule has 0 aromatic heterocycles. The molecular formula is C50H82BaO8. The van der Waals surface area contributed by atoms with Crippen molar-refractivity contribution in [1.29, 1.82) is 0 Å². The summed E-state index contributed by atoms with van der Waals surface area (Å²) in [6.45, 7) is 5.61. The predicted molar refractivity (Wildman–Crippen MR) is 238 cm³/mol. The number of benzene rings is 2. The molecule has 0 aliphatic rings. The van der Waals surface area contributed by atoms with E-state index in [1.165, 1.54) is 49.7 Å².